The average molecular weight is 352 g/mol. The first-order chi connectivity index (χ1) is 12.4. The summed E-state index contributed by atoms with van der Waals surface area (Å²) in [6.45, 7) is 1.73. The number of allylic oxidation sites excluding steroid dienone is 1. The number of aromatic hydroxyl groups is 2. The molecular formula is C20H16O6. The van der Waals surface area contributed by atoms with Crippen molar-refractivity contribution >= 4 is 22.8 Å². The van der Waals surface area contributed by atoms with E-state index in [1.807, 2.05) is 0 Å². The second-order valence-electron chi connectivity index (χ2n) is 5.74. The summed E-state index contributed by atoms with van der Waals surface area (Å²) in [4.78, 5) is 23.9. The van der Waals surface area contributed by atoms with Gasteiger partial charge in [0.1, 0.15) is 11.3 Å². The van der Waals surface area contributed by atoms with Gasteiger partial charge in [0.2, 0.25) is 0 Å². The Labute approximate surface area is 148 Å². The quantitative estimate of drug-likeness (QED) is 0.424. The molecule has 0 aliphatic carbocycles. The van der Waals surface area contributed by atoms with Crippen LogP contribution in [0.1, 0.15) is 21.5 Å². The molecule has 0 aliphatic heterocycles. The lowest BCUT2D eigenvalue weighted by Gasteiger charge is -2.06. The third-order valence-electron chi connectivity index (χ3n) is 3.96. The largest absolute Gasteiger partial charge is 0.507 e. The topological polar surface area (TPSA) is 97.0 Å². The van der Waals surface area contributed by atoms with Crippen LogP contribution in [-0.2, 0) is 0 Å². The van der Waals surface area contributed by atoms with Crippen molar-refractivity contribution in [3.05, 3.63) is 69.6 Å². The SMILES string of the molecule is COc1cc(/C=C/C(=O)c2cc3c(C)cc(=O)oc3cc2O)ccc1O. The number of benzene rings is 2. The number of carbonyl (C=O) groups is 1. The molecule has 132 valence electrons. The molecule has 26 heavy (non-hydrogen) atoms. The number of phenolic OH excluding ortho intramolecular Hbond substituents is 2. The van der Waals surface area contributed by atoms with Gasteiger partial charge in [0.25, 0.3) is 0 Å². The van der Waals surface area contributed by atoms with Crippen LogP contribution in [0.25, 0.3) is 17.0 Å². The van der Waals surface area contributed by atoms with E-state index in [2.05, 4.69) is 0 Å². The van der Waals surface area contributed by atoms with Gasteiger partial charge < -0.3 is 19.4 Å². The zero-order chi connectivity index (χ0) is 18.8. The Bertz CT molecular complexity index is 1090. The first-order valence-corrected chi connectivity index (χ1v) is 7.76. The van der Waals surface area contributed by atoms with E-state index in [1.54, 1.807) is 25.1 Å². The third-order valence-corrected chi connectivity index (χ3v) is 3.96. The van der Waals surface area contributed by atoms with Crippen LogP contribution in [0, 0.1) is 6.92 Å². The summed E-state index contributed by atoms with van der Waals surface area (Å²) < 4.78 is 10.1. The molecule has 0 spiro atoms. The molecule has 1 heterocycles. The first kappa shape index (κ1) is 17.3. The van der Waals surface area contributed by atoms with E-state index in [0.717, 1.165) is 0 Å². The van der Waals surface area contributed by atoms with Gasteiger partial charge in [0.15, 0.2) is 17.3 Å². The highest BCUT2D eigenvalue weighted by Gasteiger charge is 2.13. The maximum absolute atomic E-state index is 12.5. The lowest BCUT2D eigenvalue weighted by Crippen LogP contribution is -2.00. The van der Waals surface area contributed by atoms with E-state index in [-0.39, 0.29) is 22.6 Å². The number of fused-ring (bicyclic) bond motifs is 1. The van der Waals surface area contributed by atoms with Crippen LogP contribution in [0.5, 0.6) is 17.2 Å². The van der Waals surface area contributed by atoms with E-state index in [0.29, 0.717) is 22.3 Å². The fraction of sp³-hybridized carbons (Fsp3) is 0.100. The number of ether oxygens (including phenoxy) is 1. The summed E-state index contributed by atoms with van der Waals surface area (Å²) in [5.41, 5.74) is 1.09. The molecule has 2 aromatic carbocycles. The Morgan fingerprint density at radius 1 is 1.12 bits per heavy atom. The monoisotopic (exact) mass is 352 g/mol. The summed E-state index contributed by atoms with van der Waals surface area (Å²) in [5, 5.41) is 20.3. The van der Waals surface area contributed by atoms with Crippen LogP contribution in [0.2, 0.25) is 0 Å². The summed E-state index contributed by atoms with van der Waals surface area (Å²) in [6, 6.07) is 8.74. The Hall–Kier alpha value is -3.54. The Morgan fingerprint density at radius 2 is 1.88 bits per heavy atom. The highest BCUT2D eigenvalue weighted by Crippen LogP contribution is 2.28. The summed E-state index contributed by atoms with van der Waals surface area (Å²) >= 11 is 0. The highest BCUT2D eigenvalue weighted by molar-refractivity contribution is 6.10. The van der Waals surface area contributed by atoms with Crippen LogP contribution in [-0.4, -0.2) is 23.1 Å². The molecule has 0 aliphatic rings. The van der Waals surface area contributed by atoms with E-state index in [4.69, 9.17) is 9.15 Å². The molecule has 0 atom stereocenters. The van der Waals surface area contributed by atoms with Crippen molar-refractivity contribution in [3.63, 3.8) is 0 Å². The molecule has 6 heteroatoms. The lowest BCUT2D eigenvalue weighted by atomic mass is 10.0. The van der Waals surface area contributed by atoms with E-state index in [1.165, 1.54) is 37.5 Å². The molecule has 0 unspecified atom stereocenters. The molecule has 2 N–H and O–H groups in total. The van der Waals surface area contributed by atoms with Gasteiger partial charge >= 0.3 is 5.63 Å². The van der Waals surface area contributed by atoms with Gasteiger partial charge in [-0.15, -0.1) is 0 Å². The number of methoxy groups -OCH3 is 1. The molecule has 0 saturated heterocycles. The predicted molar refractivity (Wildman–Crippen MR) is 96.9 cm³/mol. The average Bonchev–Trinajstić information content (AvgIpc) is 2.60. The summed E-state index contributed by atoms with van der Waals surface area (Å²) in [5.74, 6) is -0.398. The smallest absolute Gasteiger partial charge is 0.336 e. The van der Waals surface area contributed by atoms with Crippen LogP contribution in [0.4, 0.5) is 0 Å². The van der Waals surface area contributed by atoms with Gasteiger partial charge in [-0.3, -0.25) is 4.79 Å². The minimum atomic E-state index is -0.519. The number of hydrogen-bond acceptors (Lipinski definition) is 6. The minimum absolute atomic E-state index is 0.000109. The van der Waals surface area contributed by atoms with Crippen molar-refractivity contribution in [3.8, 4) is 17.2 Å². The standard InChI is InChI=1S/C20H16O6/c1-11-7-20(24)26-18-10-17(23)14(9-13(11)18)15(21)5-3-12-4-6-16(22)19(8-12)25-2/h3-10,22-23H,1-2H3/b5-3+. The van der Waals surface area contributed by atoms with Gasteiger partial charge in [-0.25, -0.2) is 4.79 Å². The molecule has 3 rings (SSSR count). The number of phenols is 2. The van der Waals surface area contributed by atoms with Crippen molar-refractivity contribution < 1.29 is 24.2 Å². The molecular weight excluding hydrogens is 336 g/mol. The summed E-state index contributed by atoms with van der Waals surface area (Å²) in [7, 11) is 1.43. The van der Waals surface area contributed by atoms with Crippen molar-refractivity contribution in [2.24, 2.45) is 0 Å². The van der Waals surface area contributed by atoms with E-state index < -0.39 is 11.4 Å². The zero-order valence-electron chi connectivity index (χ0n) is 14.1. The second-order valence-corrected chi connectivity index (χ2v) is 5.74. The molecule has 3 aromatic rings. The number of hydrogen-bond donors (Lipinski definition) is 2. The molecule has 6 nitrogen and oxygen atoms in total. The highest BCUT2D eigenvalue weighted by atomic mass is 16.5. The van der Waals surface area contributed by atoms with Crippen LogP contribution in [0.15, 0.2) is 51.7 Å². The first-order valence-electron chi connectivity index (χ1n) is 7.76. The van der Waals surface area contributed by atoms with Crippen LogP contribution < -0.4 is 10.4 Å². The third kappa shape index (κ3) is 3.30. The van der Waals surface area contributed by atoms with Gasteiger partial charge in [-0.05, 0) is 42.3 Å². The van der Waals surface area contributed by atoms with E-state index in [9.17, 15) is 19.8 Å². The molecule has 0 saturated carbocycles. The number of rotatable bonds is 4. The van der Waals surface area contributed by atoms with Gasteiger partial charge in [0, 0.05) is 17.5 Å². The number of aryl methyl sites for hydroxylation is 1. The Morgan fingerprint density at radius 3 is 2.62 bits per heavy atom. The molecule has 1 aromatic heterocycles. The fourth-order valence-corrected chi connectivity index (χ4v) is 2.61. The van der Waals surface area contributed by atoms with Crippen molar-refractivity contribution in [1.82, 2.24) is 0 Å². The number of carbonyl (C=O) groups excluding carboxylic acids is 1. The maximum atomic E-state index is 12.5. The molecule has 0 fully saturated rings. The second kappa shape index (κ2) is 6.76. The van der Waals surface area contributed by atoms with Gasteiger partial charge in [-0.1, -0.05) is 12.1 Å². The lowest BCUT2D eigenvalue weighted by molar-refractivity contribution is 0.104. The predicted octanol–water partition coefficient (Wildman–Crippen LogP) is 3.42. The minimum Gasteiger partial charge on any atom is -0.507 e. The molecule has 0 amide bonds. The Balaban J connectivity index is 1.97. The van der Waals surface area contributed by atoms with Crippen molar-refractivity contribution in [2.45, 2.75) is 6.92 Å². The fourth-order valence-electron chi connectivity index (χ4n) is 2.61. The van der Waals surface area contributed by atoms with Crippen LogP contribution in [0.3, 0.4) is 0 Å². The molecule has 0 radical (unpaired) electrons. The number of ketones is 1. The van der Waals surface area contributed by atoms with Crippen molar-refractivity contribution in [2.75, 3.05) is 7.11 Å². The maximum Gasteiger partial charge on any atom is 0.336 e. The zero-order valence-corrected chi connectivity index (χ0v) is 14.1. The Kier molecular flexibility index (Phi) is 4.49. The summed E-state index contributed by atoms with van der Waals surface area (Å²) in [6.07, 6.45) is 2.85. The van der Waals surface area contributed by atoms with Gasteiger partial charge in [0.05, 0.1) is 12.7 Å². The van der Waals surface area contributed by atoms with E-state index >= 15 is 0 Å². The van der Waals surface area contributed by atoms with Gasteiger partial charge in [-0.2, -0.15) is 0 Å². The van der Waals surface area contributed by atoms with Crippen molar-refractivity contribution in [1.29, 1.82) is 0 Å². The normalized spacial score (nSPS) is 11.2. The van der Waals surface area contributed by atoms with Crippen LogP contribution >= 0.6 is 0 Å². The molecule has 0 bridgehead atoms.